The molecule has 2 aromatic carbocycles. The molecule has 1 heterocycles. The van der Waals surface area contributed by atoms with Crippen molar-refractivity contribution in [2.75, 3.05) is 7.11 Å². The van der Waals surface area contributed by atoms with Gasteiger partial charge in [0, 0.05) is 23.3 Å². The molecule has 6 heteroatoms. The average molecular weight is 350 g/mol. The lowest BCUT2D eigenvalue weighted by molar-refractivity contribution is -0.144. The van der Waals surface area contributed by atoms with Gasteiger partial charge < -0.3 is 15.2 Å². The lowest BCUT2D eigenvalue weighted by Crippen LogP contribution is -2.49. The fourth-order valence-electron chi connectivity index (χ4n) is 2.70. The predicted octanol–water partition coefficient (Wildman–Crippen LogP) is 2.97. The van der Waals surface area contributed by atoms with Crippen LogP contribution in [0.4, 0.5) is 0 Å². The van der Waals surface area contributed by atoms with Crippen LogP contribution in [0.1, 0.15) is 22.8 Å². The number of aromatic nitrogens is 1. The van der Waals surface area contributed by atoms with Crippen molar-refractivity contribution in [2.45, 2.75) is 12.5 Å². The van der Waals surface area contributed by atoms with Crippen LogP contribution in [0.2, 0.25) is 0 Å². The SMILES string of the molecule is COc1ccc(C(C)(NC(=O)c2ccc3cnccc3c2)C(=O)O)cc1. The molecule has 0 aliphatic carbocycles. The van der Waals surface area contributed by atoms with Gasteiger partial charge in [-0.25, -0.2) is 4.79 Å². The first-order chi connectivity index (χ1) is 12.4. The number of carbonyl (C=O) groups excluding carboxylic acids is 1. The van der Waals surface area contributed by atoms with Crippen molar-refractivity contribution in [3.05, 3.63) is 72.1 Å². The molecule has 1 atom stereocenters. The number of rotatable bonds is 5. The van der Waals surface area contributed by atoms with Gasteiger partial charge in [-0.15, -0.1) is 0 Å². The van der Waals surface area contributed by atoms with Gasteiger partial charge in [-0.3, -0.25) is 9.78 Å². The van der Waals surface area contributed by atoms with E-state index in [0.29, 0.717) is 16.9 Å². The predicted molar refractivity (Wildman–Crippen MR) is 97.2 cm³/mol. The molecule has 2 N–H and O–H groups in total. The van der Waals surface area contributed by atoms with E-state index < -0.39 is 17.4 Å². The molecule has 0 radical (unpaired) electrons. The van der Waals surface area contributed by atoms with Gasteiger partial charge in [0.1, 0.15) is 5.75 Å². The number of carboxylic acids is 1. The molecule has 1 unspecified atom stereocenters. The second kappa shape index (κ2) is 6.84. The highest BCUT2D eigenvalue weighted by Crippen LogP contribution is 2.25. The molecular formula is C20H18N2O4. The number of benzene rings is 2. The summed E-state index contributed by atoms with van der Waals surface area (Å²) in [6.45, 7) is 1.46. The van der Waals surface area contributed by atoms with Crippen molar-refractivity contribution in [1.29, 1.82) is 0 Å². The Balaban J connectivity index is 1.92. The van der Waals surface area contributed by atoms with E-state index in [4.69, 9.17) is 4.74 Å². The van der Waals surface area contributed by atoms with Gasteiger partial charge in [0.25, 0.3) is 5.91 Å². The van der Waals surface area contributed by atoms with E-state index in [1.54, 1.807) is 60.9 Å². The van der Waals surface area contributed by atoms with Crippen LogP contribution in [0.25, 0.3) is 10.8 Å². The Morgan fingerprint density at radius 3 is 2.46 bits per heavy atom. The average Bonchev–Trinajstić information content (AvgIpc) is 2.67. The molecule has 0 spiro atoms. The second-order valence-electron chi connectivity index (χ2n) is 6.05. The van der Waals surface area contributed by atoms with Crippen LogP contribution in [-0.2, 0) is 10.3 Å². The molecule has 1 aromatic heterocycles. The number of nitrogens with zero attached hydrogens (tertiary/aromatic N) is 1. The number of amides is 1. The van der Waals surface area contributed by atoms with Gasteiger partial charge in [-0.1, -0.05) is 18.2 Å². The zero-order chi connectivity index (χ0) is 18.7. The van der Waals surface area contributed by atoms with Gasteiger partial charge in [-0.05, 0) is 48.2 Å². The molecule has 0 bridgehead atoms. The van der Waals surface area contributed by atoms with Crippen LogP contribution in [0, 0.1) is 0 Å². The van der Waals surface area contributed by atoms with Crippen molar-refractivity contribution < 1.29 is 19.4 Å². The number of ether oxygens (including phenoxy) is 1. The molecule has 6 nitrogen and oxygen atoms in total. The maximum atomic E-state index is 12.7. The highest BCUT2D eigenvalue weighted by molar-refractivity contribution is 6.01. The van der Waals surface area contributed by atoms with Crippen LogP contribution in [0.3, 0.4) is 0 Å². The normalized spacial score (nSPS) is 13.0. The Bertz CT molecular complexity index is 969. The van der Waals surface area contributed by atoms with Crippen LogP contribution >= 0.6 is 0 Å². The zero-order valence-electron chi connectivity index (χ0n) is 14.4. The molecule has 0 fully saturated rings. The maximum absolute atomic E-state index is 12.7. The number of methoxy groups -OCH3 is 1. The van der Waals surface area contributed by atoms with Crippen molar-refractivity contribution in [3.8, 4) is 5.75 Å². The van der Waals surface area contributed by atoms with E-state index >= 15 is 0 Å². The minimum Gasteiger partial charge on any atom is -0.497 e. The van der Waals surface area contributed by atoms with Crippen molar-refractivity contribution in [2.24, 2.45) is 0 Å². The Kier molecular flexibility index (Phi) is 4.58. The summed E-state index contributed by atoms with van der Waals surface area (Å²) in [7, 11) is 1.53. The van der Waals surface area contributed by atoms with Crippen molar-refractivity contribution in [3.63, 3.8) is 0 Å². The Labute approximate surface area is 150 Å². The molecule has 0 saturated heterocycles. The number of carbonyl (C=O) groups is 2. The molecule has 0 aliphatic rings. The first kappa shape index (κ1) is 17.4. The van der Waals surface area contributed by atoms with Gasteiger partial charge in [0.2, 0.25) is 0 Å². The summed E-state index contributed by atoms with van der Waals surface area (Å²) in [4.78, 5) is 28.6. The number of aliphatic carboxylic acids is 1. The topological polar surface area (TPSA) is 88.5 Å². The van der Waals surface area contributed by atoms with Crippen molar-refractivity contribution in [1.82, 2.24) is 10.3 Å². The van der Waals surface area contributed by atoms with Crippen LogP contribution in [0.5, 0.6) is 5.75 Å². The summed E-state index contributed by atoms with van der Waals surface area (Å²) in [5.74, 6) is -1.01. The summed E-state index contributed by atoms with van der Waals surface area (Å²) in [6.07, 6.45) is 3.35. The fraction of sp³-hybridized carbons (Fsp3) is 0.150. The second-order valence-corrected chi connectivity index (χ2v) is 6.05. The number of nitrogens with one attached hydrogen (secondary N) is 1. The summed E-state index contributed by atoms with van der Waals surface area (Å²) in [5.41, 5.74) is -0.745. The number of pyridine rings is 1. The molecule has 0 saturated carbocycles. The van der Waals surface area contributed by atoms with E-state index in [9.17, 15) is 14.7 Å². The molecule has 3 rings (SSSR count). The fourth-order valence-corrected chi connectivity index (χ4v) is 2.70. The highest BCUT2D eigenvalue weighted by atomic mass is 16.5. The molecule has 3 aromatic rings. The largest absolute Gasteiger partial charge is 0.497 e. The van der Waals surface area contributed by atoms with Crippen LogP contribution in [0.15, 0.2) is 60.9 Å². The third-order valence-electron chi connectivity index (χ3n) is 4.36. The smallest absolute Gasteiger partial charge is 0.333 e. The zero-order valence-corrected chi connectivity index (χ0v) is 14.4. The maximum Gasteiger partial charge on any atom is 0.333 e. The lowest BCUT2D eigenvalue weighted by atomic mass is 9.91. The monoisotopic (exact) mass is 350 g/mol. The summed E-state index contributed by atoms with van der Waals surface area (Å²) < 4.78 is 5.09. The Hall–Kier alpha value is -3.41. The van der Waals surface area contributed by atoms with Crippen LogP contribution in [-0.4, -0.2) is 29.1 Å². The van der Waals surface area contributed by atoms with Gasteiger partial charge >= 0.3 is 5.97 Å². The summed E-state index contributed by atoms with van der Waals surface area (Å²) in [6, 6.07) is 13.5. The number of fused-ring (bicyclic) bond motifs is 1. The highest BCUT2D eigenvalue weighted by Gasteiger charge is 2.37. The molecule has 132 valence electrons. The van der Waals surface area contributed by atoms with Crippen LogP contribution < -0.4 is 10.1 Å². The Morgan fingerprint density at radius 2 is 1.81 bits per heavy atom. The van der Waals surface area contributed by atoms with E-state index in [1.165, 1.54) is 14.0 Å². The quantitative estimate of drug-likeness (QED) is 0.738. The number of carboxylic acid groups (broad SMARTS) is 1. The van der Waals surface area contributed by atoms with E-state index in [2.05, 4.69) is 10.3 Å². The molecule has 1 amide bonds. The minimum absolute atomic E-state index is 0.379. The molecule has 26 heavy (non-hydrogen) atoms. The van der Waals surface area contributed by atoms with E-state index in [-0.39, 0.29) is 0 Å². The third-order valence-corrected chi connectivity index (χ3v) is 4.36. The number of hydrogen-bond donors (Lipinski definition) is 2. The summed E-state index contributed by atoms with van der Waals surface area (Å²) >= 11 is 0. The van der Waals surface area contributed by atoms with E-state index in [1.807, 2.05) is 0 Å². The standard InChI is InChI=1S/C20H18N2O4/c1-20(19(24)25,16-5-7-17(26-2)8-6-16)22-18(23)14-3-4-15-12-21-10-9-13(15)11-14/h3-12H,1-2H3,(H,22,23)(H,24,25). The first-order valence-corrected chi connectivity index (χ1v) is 7.98. The molecular weight excluding hydrogens is 332 g/mol. The van der Waals surface area contributed by atoms with Gasteiger partial charge in [0.05, 0.1) is 7.11 Å². The first-order valence-electron chi connectivity index (χ1n) is 7.98. The Morgan fingerprint density at radius 1 is 1.08 bits per heavy atom. The number of hydrogen-bond acceptors (Lipinski definition) is 4. The minimum atomic E-state index is -1.57. The lowest BCUT2D eigenvalue weighted by Gasteiger charge is -2.27. The van der Waals surface area contributed by atoms with Crippen molar-refractivity contribution >= 4 is 22.6 Å². The summed E-state index contributed by atoms with van der Waals surface area (Å²) in [5, 5.41) is 14.1. The molecule has 0 aliphatic heterocycles. The van der Waals surface area contributed by atoms with Gasteiger partial charge in [-0.2, -0.15) is 0 Å². The third kappa shape index (κ3) is 3.21. The van der Waals surface area contributed by atoms with E-state index in [0.717, 1.165) is 10.8 Å². The van der Waals surface area contributed by atoms with Gasteiger partial charge in [0.15, 0.2) is 5.54 Å².